The summed E-state index contributed by atoms with van der Waals surface area (Å²) in [5.74, 6) is -1.43. The molecule has 0 aliphatic carbocycles. The van der Waals surface area contributed by atoms with E-state index in [4.69, 9.17) is 5.11 Å². The standard InChI is InChI=1S/C11H9BrF4O2/c12-9(13)4-6-1-2-8(10(17)18)7(3-6)5-11(14,15)16/h1-3,9H,4-5H2,(H,17,18). The summed E-state index contributed by atoms with van der Waals surface area (Å²) in [6, 6.07) is 3.44. The molecule has 0 fully saturated rings. The summed E-state index contributed by atoms with van der Waals surface area (Å²) in [6.45, 7) is 0. The van der Waals surface area contributed by atoms with Crippen LogP contribution in [0.2, 0.25) is 0 Å². The molecule has 0 amide bonds. The summed E-state index contributed by atoms with van der Waals surface area (Å²) in [5.41, 5.74) is -0.467. The lowest BCUT2D eigenvalue weighted by Crippen LogP contribution is -2.15. The molecule has 0 saturated carbocycles. The second kappa shape index (κ2) is 5.69. The summed E-state index contributed by atoms with van der Waals surface area (Å²) >= 11 is 2.64. The van der Waals surface area contributed by atoms with E-state index in [-0.39, 0.29) is 12.0 Å². The number of halogens is 5. The lowest BCUT2D eigenvalue weighted by Gasteiger charge is -2.11. The molecule has 100 valence electrons. The minimum absolute atomic E-state index is 0.120. The van der Waals surface area contributed by atoms with E-state index in [0.717, 1.165) is 12.1 Å². The van der Waals surface area contributed by atoms with Gasteiger partial charge in [-0.15, -0.1) is 0 Å². The fraction of sp³-hybridized carbons (Fsp3) is 0.364. The van der Waals surface area contributed by atoms with Crippen molar-refractivity contribution in [3.8, 4) is 0 Å². The Kier molecular flexibility index (Phi) is 4.72. The Morgan fingerprint density at radius 2 is 2.00 bits per heavy atom. The lowest BCUT2D eigenvalue weighted by molar-refractivity contribution is -0.127. The first kappa shape index (κ1) is 14.9. The summed E-state index contributed by atoms with van der Waals surface area (Å²) < 4.78 is 49.6. The van der Waals surface area contributed by atoms with Crippen molar-refractivity contribution >= 4 is 21.9 Å². The third-order valence-electron chi connectivity index (χ3n) is 2.18. The first-order valence-electron chi connectivity index (χ1n) is 4.89. The number of carboxylic acid groups (broad SMARTS) is 1. The number of hydrogen-bond donors (Lipinski definition) is 1. The van der Waals surface area contributed by atoms with E-state index in [0.29, 0.717) is 5.56 Å². The molecule has 7 heteroatoms. The predicted octanol–water partition coefficient (Wildman–Crippen LogP) is 3.72. The van der Waals surface area contributed by atoms with E-state index >= 15 is 0 Å². The molecule has 0 aliphatic rings. The molecule has 1 aromatic rings. The number of hydrogen-bond acceptors (Lipinski definition) is 1. The fourth-order valence-electron chi connectivity index (χ4n) is 1.52. The van der Waals surface area contributed by atoms with Crippen LogP contribution in [-0.2, 0) is 12.8 Å². The molecule has 0 bridgehead atoms. The van der Waals surface area contributed by atoms with Crippen LogP contribution in [0.5, 0.6) is 0 Å². The Bertz CT molecular complexity index is 443. The van der Waals surface area contributed by atoms with Crippen LogP contribution in [-0.4, -0.2) is 22.3 Å². The molecule has 0 saturated heterocycles. The van der Waals surface area contributed by atoms with Crippen molar-refractivity contribution in [3.05, 3.63) is 34.9 Å². The average Bonchev–Trinajstić information content (AvgIpc) is 2.13. The monoisotopic (exact) mass is 328 g/mol. The van der Waals surface area contributed by atoms with Gasteiger partial charge in [0.1, 0.15) is 0 Å². The van der Waals surface area contributed by atoms with Gasteiger partial charge in [-0.2, -0.15) is 13.2 Å². The van der Waals surface area contributed by atoms with Crippen LogP contribution in [0.1, 0.15) is 21.5 Å². The molecule has 2 nitrogen and oxygen atoms in total. The second-order valence-corrected chi connectivity index (χ2v) is 4.68. The molecule has 1 unspecified atom stereocenters. The van der Waals surface area contributed by atoms with E-state index < -0.39 is 29.2 Å². The molecule has 0 aliphatic heterocycles. The van der Waals surface area contributed by atoms with Gasteiger partial charge < -0.3 is 5.11 Å². The van der Waals surface area contributed by atoms with Gasteiger partial charge >= 0.3 is 12.1 Å². The smallest absolute Gasteiger partial charge is 0.393 e. The number of aromatic carboxylic acids is 1. The van der Waals surface area contributed by atoms with Gasteiger partial charge in [0.15, 0.2) is 5.08 Å². The Hall–Kier alpha value is -1.11. The van der Waals surface area contributed by atoms with Gasteiger partial charge in [0, 0.05) is 6.42 Å². The molecule has 0 aromatic heterocycles. The maximum absolute atomic E-state index is 12.7. The predicted molar refractivity (Wildman–Crippen MR) is 60.7 cm³/mol. The van der Waals surface area contributed by atoms with Gasteiger partial charge in [0.25, 0.3) is 0 Å². The zero-order chi connectivity index (χ0) is 13.9. The van der Waals surface area contributed by atoms with Gasteiger partial charge in [0.2, 0.25) is 0 Å². The van der Waals surface area contributed by atoms with Crippen molar-refractivity contribution in [1.29, 1.82) is 0 Å². The Morgan fingerprint density at radius 1 is 1.39 bits per heavy atom. The normalized spacial score (nSPS) is 13.4. The zero-order valence-electron chi connectivity index (χ0n) is 8.97. The Balaban J connectivity index is 3.11. The quantitative estimate of drug-likeness (QED) is 0.675. The minimum atomic E-state index is -4.51. The van der Waals surface area contributed by atoms with Crippen LogP contribution >= 0.6 is 15.9 Å². The van der Waals surface area contributed by atoms with Crippen LogP contribution in [0.4, 0.5) is 17.6 Å². The first-order chi connectivity index (χ1) is 8.19. The maximum atomic E-state index is 12.7. The first-order valence-corrected chi connectivity index (χ1v) is 5.80. The third-order valence-corrected chi connectivity index (χ3v) is 2.50. The van der Waals surface area contributed by atoms with Gasteiger partial charge in [-0.05, 0) is 17.2 Å². The van der Waals surface area contributed by atoms with Crippen molar-refractivity contribution in [1.82, 2.24) is 0 Å². The van der Waals surface area contributed by atoms with Crippen molar-refractivity contribution < 1.29 is 27.5 Å². The summed E-state index contributed by atoms with van der Waals surface area (Å²) in [6.07, 6.45) is -5.97. The SMILES string of the molecule is O=C(O)c1ccc(CC(F)Br)cc1CC(F)(F)F. The molecular formula is C11H9BrF4O2. The van der Waals surface area contributed by atoms with Gasteiger partial charge in [-0.3, -0.25) is 0 Å². The lowest BCUT2D eigenvalue weighted by atomic mass is 10.00. The molecule has 1 aromatic carbocycles. The Morgan fingerprint density at radius 3 is 2.44 bits per heavy atom. The fourth-order valence-corrected chi connectivity index (χ4v) is 1.90. The molecule has 1 atom stereocenters. The Labute approximate surface area is 109 Å². The van der Waals surface area contributed by atoms with Crippen LogP contribution < -0.4 is 0 Å². The van der Waals surface area contributed by atoms with Crippen molar-refractivity contribution in [2.24, 2.45) is 0 Å². The number of carboxylic acids is 1. The van der Waals surface area contributed by atoms with Crippen LogP contribution in [0.15, 0.2) is 18.2 Å². The molecular weight excluding hydrogens is 320 g/mol. The van der Waals surface area contributed by atoms with E-state index in [1.165, 1.54) is 6.07 Å². The van der Waals surface area contributed by atoms with E-state index in [9.17, 15) is 22.4 Å². The topological polar surface area (TPSA) is 37.3 Å². The van der Waals surface area contributed by atoms with Crippen molar-refractivity contribution in [2.45, 2.75) is 24.1 Å². The van der Waals surface area contributed by atoms with E-state index in [1.807, 2.05) is 0 Å². The van der Waals surface area contributed by atoms with Crippen molar-refractivity contribution in [2.75, 3.05) is 0 Å². The van der Waals surface area contributed by atoms with Gasteiger partial charge in [0.05, 0.1) is 12.0 Å². The summed E-state index contributed by atoms with van der Waals surface area (Å²) in [7, 11) is 0. The molecule has 18 heavy (non-hydrogen) atoms. The van der Waals surface area contributed by atoms with Crippen LogP contribution in [0.3, 0.4) is 0 Å². The number of carbonyl (C=O) groups is 1. The number of rotatable bonds is 4. The molecule has 1 rings (SSSR count). The van der Waals surface area contributed by atoms with Crippen molar-refractivity contribution in [3.63, 3.8) is 0 Å². The number of alkyl halides is 5. The average molecular weight is 329 g/mol. The van der Waals surface area contributed by atoms with E-state index in [2.05, 4.69) is 15.9 Å². The largest absolute Gasteiger partial charge is 0.478 e. The molecule has 1 N–H and O–H groups in total. The van der Waals surface area contributed by atoms with E-state index in [1.54, 1.807) is 0 Å². The molecule has 0 radical (unpaired) electrons. The third kappa shape index (κ3) is 4.64. The highest BCUT2D eigenvalue weighted by atomic mass is 79.9. The number of benzene rings is 1. The van der Waals surface area contributed by atoms with Crippen LogP contribution in [0, 0.1) is 0 Å². The molecule has 0 spiro atoms. The summed E-state index contributed by atoms with van der Waals surface area (Å²) in [4.78, 5) is 10.8. The maximum Gasteiger partial charge on any atom is 0.393 e. The zero-order valence-corrected chi connectivity index (χ0v) is 10.6. The van der Waals surface area contributed by atoms with Gasteiger partial charge in [-0.1, -0.05) is 28.1 Å². The van der Waals surface area contributed by atoms with Crippen LogP contribution in [0.25, 0.3) is 0 Å². The highest BCUT2D eigenvalue weighted by Gasteiger charge is 2.30. The minimum Gasteiger partial charge on any atom is -0.478 e. The highest BCUT2D eigenvalue weighted by Crippen LogP contribution is 2.25. The summed E-state index contributed by atoms with van der Waals surface area (Å²) in [5, 5.41) is 7.40. The second-order valence-electron chi connectivity index (χ2n) is 3.68. The van der Waals surface area contributed by atoms with Gasteiger partial charge in [-0.25, -0.2) is 9.18 Å². The highest BCUT2D eigenvalue weighted by molar-refractivity contribution is 9.09. The molecule has 0 heterocycles.